The fourth-order valence-corrected chi connectivity index (χ4v) is 4.95. The van der Waals surface area contributed by atoms with Crippen LogP contribution in [0.1, 0.15) is 28.0 Å². The lowest BCUT2D eigenvalue weighted by Crippen LogP contribution is -2.42. The Labute approximate surface area is 147 Å². The van der Waals surface area contributed by atoms with Crippen molar-refractivity contribution < 1.29 is 17.9 Å². The minimum atomic E-state index is -3.36. The maximum atomic E-state index is 12.7. The smallest absolute Gasteiger partial charge is 0.254 e. The fraction of sp³-hybridized carbons (Fsp3) is 0.316. The highest BCUT2D eigenvalue weighted by Gasteiger charge is 2.40. The van der Waals surface area contributed by atoms with Crippen LogP contribution in [-0.4, -0.2) is 33.7 Å². The van der Waals surface area contributed by atoms with Gasteiger partial charge in [0.05, 0.1) is 6.04 Å². The van der Waals surface area contributed by atoms with E-state index in [2.05, 4.69) is 5.32 Å². The van der Waals surface area contributed by atoms with Gasteiger partial charge in [-0.05, 0) is 23.1 Å². The summed E-state index contributed by atoms with van der Waals surface area (Å²) in [6.07, 6.45) is 0.930. The van der Waals surface area contributed by atoms with Gasteiger partial charge in [-0.25, -0.2) is 8.42 Å². The Balaban J connectivity index is 1.86. The molecule has 1 aliphatic carbocycles. The van der Waals surface area contributed by atoms with Crippen molar-refractivity contribution in [2.45, 2.75) is 23.8 Å². The SMILES string of the molecule is CO[C@H](C(=O)N[C@H]1Cc2ccccc2[C@@H]1S(C)(=O)=O)c1ccccc1. The molecule has 2 aromatic rings. The number of amides is 1. The molecule has 3 atom stereocenters. The van der Waals surface area contributed by atoms with E-state index in [4.69, 9.17) is 4.74 Å². The van der Waals surface area contributed by atoms with Crippen LogP contribution in [0, 0.1) is 0 Å². The number of benzene rings is 2. The summed E-state index contributed by atoms with van der Waals surface area (Å²) in [5, 5.41) is 2.15. The summed E-state index contributed by atoms with van der Waals surface area (Å²) < 4.78 is 30.0. The molecule has 1 N–H and O–H groups in total. The summed E-state index contributed by atoms with van der Waals surface area (Å²) in [6.45, 7) is 0. The Morgan fingerprint density at radius 2 is 1.76 bits per heavy atom. The highest BCUT2D eigenvalue weighted by atomic mass is 32.2. The third-order valence-electron chi connectivity index (χ3n) is 4.53. The summed E-state index contributed by atoms with van der Waals surface area (Å²) in [7, 11) is -1.90. The van der Waals surface area contributed by atoms with Gasteiger partial charge in [0.2, 0.25) is 0 Å². The number of nitrogens with one attached hydrogen (secondary N) is 1. The first-order valence-corrected chi connectivity index (χ1v) is 10.0. The van der Waals surface area contributed by atoms with E-state index in [1.807, 2.05) is 54.6 Å². The van der Waals surface area contributed by atoms with E-state index in [0.717, 1.165) is 16.7 Å². The molecule has 0 unspecified atom stereocenters. The van der Waals surface area contributed by atoms with Crippen LogP contribution in [0.4, 0.5) is 0 Å². The van der Waals surface area contributed by atoms with Crippen molar-refractivity contribution in [2.75, 3.05) is 13.4 Å². The average Bonchev–Trinajstić information content (AvgIpc) is 2.94. The highest BCUT2D eigenvalue weighted by molar-refractivity contribution is 7.91. The quantitative estimate of drug-likeness (QED) is 0.888. The zero-order chi connectivity index (χ0) is 18.0. The topological polar surface area (TPSA) is 72.5 Å². The molecule has 0 aliphatic heterocycles. The van der Waals surface area contributed by atoms with E-state index in [0.29, 0.717) is 6.42 Å². The van der Waals surface area contributed by atoms with Gasteiger partial charge in [0.15, 0.2) is 15.9 Å². The van der Waals surface area contributed by atoms with Crippen molar-refractivity contribution in [3.8, 4) is 0 Å². The minimum Gasteiger partial charge on any atom is -0.367 e. The van der Waals surface area contributed by atoms with E-state index >= 15 is 0 Å². The Morgan fingerprint density at radius 3 is 2.40 bits per heavy atom. The number of carbonyl (C=O) groups excluding carboxylic acids is 1. The number of hydrogen-bond acceptors (Lipinski definition) is 4. The van der Waals surface area contributed by atoms with Crippen molar-refractivity contribution >= 4 is 15.7 Å². The third-order valence-corrected chi connectivity index (χ3v) is 6.04. The Morgan fingerprint density at radius 1 is 1.12 bits per heavy atom. The van der Waals surface area contributed by atoms with Gasteiger partial charge in [-0.2, -0.15) is 0 Å². The number of carbonyl (C=O) groups is 1. The molecular weight excluding hydrogens is 338 g/mol. The number of sulfone groups is 1. The number of rotatable bonds is 5. The summed E-state index contributed by atoms with van der Waals surface area (Å²) >= 11 is 0. The molecule has 0 radical (unpaired) electrons. The van der Waals surface area contributed by atoms with Crippen molar-refractivity contribution in [2.24, 2.45) is 0 Å². The normalized spacial score (nSPS) is 20.7. The molecule has 0 heterocycles. The van der Waals surface area contributed by atoms with Crippen LogP contribution < -0.4 is 5.32 Å². The number of methoxy groups -OCH3 is 1. The Hall–Kier alpha value is -2.18. The minimum absolute atomic E-state index is 0.333. The van der Waals surface area contributed by atoms with E-state index in [9.17, 15) is 13.2 Å². The molecule has 25 heavy (non-hydrogen) atoms. The largest absolute Gasteiger partial charge is 0.367 e. The molecule has 1 aliphatic rings. The van der Waals surface area contributed by atoms with Crippen LogP contribution in [-0.2, 0) is 25.8 Å². The summed E-state index contributed by atoms with van der Waals surface area (Å²) in [6, 6.07) is 16.1. The molecule has 2 aromatic carbocycles. The molecule has 0 aromatic heterocycles. The van der Waals surface area contributed by atoms with Gasteiger partial charge in [0.1, 0.15) is 5.25 Å². The third kappa shape index (κ3) is 3.60. The van der Waals surface area contributed by atoms with Crippen LogP contribution in [0.2, 0.25) is 0 Å². The second-order valence-corrected chi connectivity index (χ2v) is 8.46. The maximum Gasteiger partial charge on any atom is 0.254 e. The molecule has 0 fully saturated rings. The predicted octanol–water partition coefficient (Wildman–Crippen LogP) is 2.20. The van der Waals surface area contributed by atoms with Gasteiger partial charge in [-0.3, -0.25) is 4.79 Å². The molecule has 6 heteroatoms. The van der Waals surface area contributed by atoms with Crippen LogP contribution in [0.3, 0.4) is 0 Å². The molecule has 3 rings (SSSR count). The van der Waals surface area contributed by atoms with Gasteiger partial charge in [-0.1, -0.05) is 54.6 Å². The van der Waals surface area contributed by atoms with Crippen molar-refractivity contribution in [1.82, 2.24) is 5.32 Å². The lowest BCUT2D eigenvalue weighted by molar-refractivity contribution is -0.132. The second-order valence-electron chi connectivity index (χ2n) is 6.29. The predicted molar refractivity (Wildman–Crippen MR) is 95.9 cm³/mol. The van der Waals surface area contributed by atoms with Gasteiger partial charge in [0, 0.05) is 13.4 Å². The van der Waals surface area contributed by atoms with Crippen LogP contribution in [0.25, 0.3) is 0 Å². The zero-order valence-electron chi connectivity index (χ0n) is 14.2. The van der Waals surface area contributed by atoms with E-state index < -0.39 is 27.2 Å². The van der Waals surface area contributed by atoms with Crippen LogP contribution in [0.5, 0.6) is 0 Å². The van der Waals surface area contributed by atoms with Gasteiger partial charge in [0.25, 0.3) is 5.91 Å². The zero-order valence-corrected chi connectivity index (χ0v) is 15.0. The van der Waals surface area contributed by atoms with E-state index in [1.165, 1.54) is 13.4 Å². The fourth-order valence-electron chi connectivity index (χ4n) is 3.49. The molecule has 132 valence electrons. The molecule has 0 saturated heterocycles. The van der Waals surface area contributed by atoms with Crippen molar-refractivity contribution in [3.05, 3.63) is 71.3 Å². The van der Waals surface area contributed by atoms with Crippen molar-refractivity contribution in [1.29, 1.82) is 0 Å². The summed E-state index contributed by atoms with van der Waals surface area (Å²) in [5.41, 5.74) is 2.45. The van der Waals surface area contributed by atoms with Gasteiger partial charge < -0.3 is 10.1 Å². The average molecular weight is 359 g/mol. The Bertz CT molecular complexity index is 864. The van der Waals surface area contributed by atoms with Gasteiger partial charge >= 0.3 is 0 Å². The monoisotopic (exact) mass is 359 g/mol. The summed E-state index contributed by atoms with van der Waals surface area (Å²) in [4.78, 5) is 12.7. The first-order chi connectivity index (χ1) is 11.9. The lowest BCUT2D eigenvalue weighted by atomic mass is 10.1. The molecular formula is C19H21NO4S. The van der Waals surface area contributed by atoms with Crippen molar-refractivity contribution in [3.63, 3.8) is 0 Å². The molecule has 0 bridgehead atoms. The molecule has 0 saturated carbocycles. The second kappa shape index (κ2) is 6.98. The first kappa shape index (κ1) is 17.6. The van der Waals surface area contributed by atoms with Crippen LogP contribution >= 0.6 is 0 Å². The number of ether oxygens (including phenoxy) is 1. The lowest BCUT2D eigenvalue weighted by Gasteiger charge is -2.23. The maximum absolute atomic E-state index is 12.7. The number of hydrogen-bond donors (Lipinski definition) is 1. The Kier molecular flexibility index (Phi) is 4.92. The number of fused-ring (bicyclic) bond motifs is 1. The summed E-state index contributed by atoms with van der Waals surface area (Å²) in [5.74, 6) is -0.333. The standard InChI is InChI=1S/C19H21NO4S/c1-24-17(13-8-4-3-5-9-13)19(21)20-16-12-14-10-6-7-11-15(14)18(16)25(2,22)23/h3-11,16-18H,12H2,1-2H3,(H,20,21)/t16-,17-,18-/m0/s1. The van der Waals surface area contributed by atoms with E-state index in [-0.39, 0.29) is 5.91 Å². The van der Waals surface area contributed by atoms with Crippen LogP contribution in [0.15, 0.2) is 54.6 Å². The van der Waals surface area contributed by atoms with Gasteiger partial charge in [-0.15, -0.1) is 0 Å². The molecule has 1 amide bonds. The molecule has 5 nitrogen and oxygen atoms in total. The first-order valence-electron chi connectivity index (χ1n) is 8.06. The van der Waals surface area contributed by atoms with E-state index in [1.54, 1.807) is 0 Å². The highest BCUT2D eigenvalue weighted by Crippen LogP contribution is 2.37. The molecule has 0 spiro atoms.